The van der Waals surface area contributed by atoms with E-state index < -0.39 is 17.9 Å². The largest absolute Gasteiger partial charge is 0.464 e. The number of ether oxygens (including phenoxy) is 1. The third-order valence-electron chi connectivity index (χ3n) is 6.14. The minimum absolute atomic E-state index is 0.107. The zero-order valence-electron chi connectivity index (χ0n) is 21.0. The average Bonchev–Trinajstić information content (AvgIpc) is 3.26. The molecular formula is C26H26N6O5S2. The lowest BCUT2D eigenvalue weighted by molar-refractivity contribution is -0.146. The van der Waals surface area contributed by atoms with Crippen LogP contribution >= 0.6 is 22.7 Å². The second-order valence-electron chi connectivity index (χ2n) is 9.19. The van der Waals surface area contributed by atoms with E-state index in [2.05, 4.69) is 31.1 Å². The number of carbonyl (C=O) groups excluding carboxylic acids is 4. The third kappa shape index (κ3) is 6.67. The Balaban J connectivity index is 1.22. The number of fused-ring (bicyclic) bond motifs is 1. The topological polar surface area (TPSA) is 155 Å². The minimum Gasteiger partial charge on any atom is -0.464 e. The van der Waals surface area contributed by atoms with Crippen molar-refractivity contribution in [2.24, 2.45) is 5.92 Å². The molecule has 39 heavy (non-hydrogen) atoms. The number of hydrogen-bond acceptors (Lipinski definition) is 9. The predicted octanol–water partition coefficient (Wildman–Crippen LogP) is 3.05. The van der Waals surface area contributed by atoms with Crippen LogP contribution in [0.4, 0.5) is 5.13 Å². The molecule has 4 aromatic rings. The molecule has 13 heteroatoms. The second kappa shape index (κ2) is 11.7. The van der Waals surface area contributed by atoms with E-state index in [9.17, 15) is 19.2 Å². The van der Waals surface area contributed by atoms with Crippen LogP contribution in [-0.4, -0.2) is 58.1 Å². The number of H-pyrrole nitrogens is 1. The average molecular weight is 567 g/mol. The van der Waals surface area contributed by atoms with Crippen molar-refractivity contribution < 1.29 is 23.9 Å². The molecule has 1 atom stereocenters. The summed E-state index contributed by atoms with van der Waals surface area (Å²) in [5.74, 6) is -1.45. The smallest absolute Gasteiger partial charge is 0.330 e. The van der Waals surface area contributed by atoms with E-state index in [4.69, 9.17) is 4.74 Å². The molecule has 0 radical (unpaired) electrons. The standard InChI is InChI=1S/C26H26N6O5S2/c1-14-22(39-26(29-14)31-21(33)10-16-4-2-5-18-17(16)11-28-32-18)24(35)30-19(25(36)37-13-15-7-8-15)12-27-23(34)20-6-3-9-38-20/h2-6,9,11,15,19H,7-8,10,12-13H2,1H3,(H,27,34)(H,28,32)(H,30,35)(H,29,31,33). The number of aryl methyl sites for hydroxylation is 1. The molecule has 0 bridgehead atoms. The maximum atomic E-state index is 13.1. The van der Waals surface area contributed by atoms with E-state index in [-0.39, 0.29) is 41.4 Å². The number of hydrogen-bond donors (Lipinski definition) is 4. The highest BCUT2D eigenvalue weighted by atomic mass is 32.1. The molecule has 5 rings (SSSR count). The number of benzene rings is 1. The summed E-state index contributed by atoms with van der Waals surface area (Å²) in [6, 6.07) is 7.91. The van der Waals surface area contributed by atoms with Gasteiger partial charge >= 0.3 is 5.97 Å². The van der Waals surface area contributed by atoms with E-state index in [1.807, 2.05) is 18.2 Å². The molecule has 1 saturated carbocycles. The molecule has 0 spiro atoms. The fourth-order valence-electron chi connectivity index (χ4n) is 3.87. The first-order valence-corrected chi connectivity index (χ1v) is 14.0. The Hall–Kier alpha value is -4.10. The predicted molar refractivity (Wildman–Crippen MR) is 147 cm³/mol. The molecule has 3 amide bonds. The zero-order chi connectivity index (χ0) is 27.4. The van der Waals surface area contributed by atoms with E-state index in [1.54, 1.807) is 30.6 Å². The number of nitrogens with zero attached hydrogens (tertiary/aromatic N) is 2. The maximum Gasteiger partial charge on any atom is 0.330 e. The van der Waals surface area contributed by atoms with Crippen LogP contribution < -0.4 is 16.0 Å². The Bertz CT molecular complexity index is 1510. The molecule has 202 valence electrons. The Morgan fingerprint density at radius 1 is 1.15 bits per heavy atom. The van der Waals surface area contributed by atoms with Gasteiger partial charge < -0.3 is 20.7 Å². The number of thiazole rings is 1. The van der Waals surface area contributed by atoms with Crippen LogP contribution in [0.3, 0.4) is 0 Å². The van der Waals surface area contributed by atoms with Crippen LogP contribution in [0, 0.1) is 12.8 Å². The van der Waals surface area contributed by atoms with E-state index in [0.29, 0.717) is 16.5 Å². The molecule has 4 N–H and O–H groups in total. The minimum atomic E-state index is -1.09. The van der Waals surface area contributed by atoms with Gasteiger partial charge in [-0.15, -0.1) is 11.3 Å². The van der Waals surface area contributed by atoms with Gasteiger partial charge in [-0.1, -0.05) is 29.5 Å². The number of aromatic nitrogens is 3. The summed E-state index contributed by atoms with van der Waals surface area (Å²) >= 11 is 2.28. The molecule has 3 heterocycles. The summed E-state index contributed by atoms with van der Waals surface area (Å²) in [7, 11) is 0. The van der Waals surface area contributed by atoms with Crippen LogP contribution in [0.1, 0.15) is 43.4 Å². The summed E-state index contributed by atoms with van der Waals surface area (Å²) in [5.41, 5.74) is 2.04. The van der Waals surface area contributed by atoms with Crippen molar-refractivity contribution in [1.29, 1.82) is 0 Å². The Morgan fingerprint density at radius 3 is 2.77 bits per heavy atom. The third-order valence-corrected chi connectivity index (χ3v) is 8.08. The van der Waals surface area contributed by atoms with Gasteiger partial charge in [0.25, 0.3) is 11.8 Å². The highest BCUT2D eigenvalue weighted by molar-refractivity contribution is 7.17. The quantitative estimate of drug-likeness (QED) is 0.203. The van der Waals surface area contributed by atoms with Crippen LogP contribution in [0.25, 0.3) is 10.9 Å². The first-order chi connectivity index (χ1) is 18.9. The van der Waals surface area contributed by atoms with Gasteiger partial charge in [0.15, 0.2) is 5.13 Å². The number of aromatic amines is 1. The van der Waals surface area contributed by atoms with Crippen LogP contribution in [0.5, 0.6) is 0 Å². The van der Waals surface area contributed by atoms with Gasteiger partial charge in [-0.2, -0.15) is 5.10 Å². The van der Waals surface area contributed by atoms with Gasteiger partial charge in [0.1, 0.15) is 10.9 Å². The van der Waals surface area contributed by atoms with E-state index >= 15 is 0 Å². The molecule has 3 aromatic heterocycles. The first kappa shape index (κ1) is 26.5. The summed E-state index contributed by atoms with van der Waals surface area (Å²) in [4.78, 5) is 56.0. The van der Waals surface area contributed by atoms with Crippen molar-refractivity contribution in [3.63, 3.8) is 0 Å². The van der Waals surface area contributed by atoms with Gasteiger partial charge in [0.2, 0.25) is 5.91 Å². The van der Waals surface area contributed by atoms with Gasteiger partial charge in [-0.25, -0.2) is 9.78 Å². The Kier molecular flexibility index (Phi) is 7.98. The fourth-order valence-corrected chi connectivity index (χ4v) is 5.40. The van der Waals surface area contributed by atoms with Crippen LogP contribution in [-0.2, 0) is 20.7 Å². The van der Waals surface area contributed by atoms with E-state index in [1.165, 1.54) is 11.3 Å². The van der Waals surface area contributed by atoms with Gasteiger partial charge in [-0.05, 0) is 48.8 Å². The molecule has 0 saturated heterocycles. The lowest BCUT2D eigenvalue weighted by atomic mass is 10.1. The van der Waals surface area contributed by atoms with Gasteiger partial charge in [0.05, 0.1) is 35.3 Å². The molecular weight excluding hydrogens is 540 g/mol. The highest BCUT2D eigenvalue weighted by Gasteiger charge is 2.29. The number of thiophene rings is 1. The number of esters is 1. The number of rotatable bonds is 11. The first-order valence-electron chi connectivity index (χ1n) is 12.3. The van der Waals surface area contributed by atoms with Crippen molar-refractivity contribution in [3.05, 3.63) is 62.9 Å². The van der Waals surface area contributed by atoms with Crippen molar-refractivity contribution >= 4 is 62.4 Å². The second-order valence-corrected chi connectivity index (χ2v) is 11.1. The van der Waals surface area contributed by atoms with Crippen LogP contribution in [0.15, 0.2) is 41.9 Å². The summed E-state index contributed by atoms with van der Waals surface area (Å²) in [6.45, 7) is 1.80. The number of nitrogens with one attached hydrogen (secondary N) is 4. The number of carbonyl (C=O) groups is 4. The molecule has 1 aromatic carbocycles. The van der Waals surface area contributed by atoms with Crippen molar-refractivity contribution in [2.45, 2.75) is 32.2 Å². The number of anilines is 1. The molecule has 0 aliphatic heterocycles. The van der Waals surface area contributed by atoms with Crippen LogP contribution in [0.2, 0.25) is 0 Å². The monoisotopic (exact) mass is 566 g/mol. The van der Waals surface area contributed by atoms with Crippen molar-refractivity contribution in [3.8, 4) is 0 Å². The Morgan fingerprint density at radius 2 is 2.00 bits per heavy atom. The molecule has 1 aliphatic rings. The highest BCUT2D eigenvalue weighted by Crippen LogP contribution is 2.29. The summed E-state index contributed by atoms with van der Waals surface area (Å²) in [5, 5.41) is 17.9. The zero-order valence-corrected chi connectivity index (χ0v) is 22.6. The van der Waals surface area contributed by atoms with Gasteiger partial charge in [0, 0.05) is 11.9 Å². The van der Waals surface area contributed by atoms with Crippen molar-refractivity contribution in [2.75, 3.05) is 18.5 Å². The lowest BCUT2D eigenvalue weighted by Crippen LogP contribution is -2.49. The maximum absolute atomic E-state index is 13.1. The molecule has 1 aliphatic carbocycles. The van der Waals surface area contributed by atoms with Crippen molar-refractivity contribution in [1.82, 2.24) is 25.8 Å². The Labute approximate surface area is 231 Å². The SMILES string of the molecule is Cc1nc(NC(=O)Cc2cccc3[nH]ncc23)sc1C(=O)NC(CNC(=O)c1cccs1)C(=O)OCC1CC1. The summed E-state index contributed by atoms with van der Waals surface area (Å²) < 4.78 is 5.38. The normalized spacial score (nSPS) is 13.6. The number of amides is 3. The van der Waals surface area contributed by atoms with Gasteiger partial charge in [-0.3, -0.25) is 19.5 Å². The molecule has 1 unspecified atom stereocenters. The lowest BCUT2D eigenvalue weighted by Gasteiger charge is -2.18. The summed E-state index contributed by atoms with van der Waals surface area (Å²) in [6.07, 6.45) is 3.79. The fraction of sp³-hybridized carbons (Fsp3) is 0.308. The molecule has 1 fully saturated rings. The van der Waals surface area contributed by atoms with E-state index in [0.717, 1.165) is 40.6 Å². The molecule has 11 nitrogen and oxygen atoms in total.